The van der Waals surface area contributed by atoms with Crippen molar-refractivity contribution in [2.24, 2.45) is 5.92 Å². The predicted octanol–water partition coefficient (Wildman–Crippen LogP) is 1.84. The molecule has 2 aliphatic heterocycles. The molecule has 170 valence electrons. The van der Waals surface area contributed by atoms with Crippen LogP contribution in [0.15, 0.2) is 11.6 Å². The Bertz CT molecular complexity index is 812. The summed E-state index contributed by atoms with van der Waals surface area (Å²) in [5.74, 6) is -2.45. The van der Waals surface area contributed by atoms with Crippen molar-refractivity contribution in [1.29, 1.82) is 0 Å². The maximum absolute atomic E-state index is 11.9. The van der Waals surface area contributed by atoms with Crippen molar-refractivity contribution in [2.45, 2.75) is 49.3 Å². The van der Waals surface area contributed by atoms with E-state index in [0.29, 0.717) is 19.1 Å². The van der Waals surface area contributed by atoms with Crippen LogP contribution in [0.4, 0.5) is 13.2 Å². The quantitative estimate of drug-likeness (QED) is 0.652. The highest BCUT2D eigenvalue weighted by Gasteiger charge is 2.46. The highest BCUT2D eigenvalue weighted by molar-refractivity contribution is 7.90. The number of carboxylic acids is 1. The highest BCUT2D eigenvalue weighted by atomic mass is 32.2. The number of ether oxygens (including phenoxy) is 1. The van der Waals surface area contributed by atoms with Gasteiger partial charge in [0.1, 0.15) is 5.01 Å². The molecule has 3 heterocycles. The number of halogens is 3. The molecule has 1 saturated carbocycles. The number of hydrogen-bond donors (Lipinski definition) is 2. The molecule has 2 saturated heterocycles. The molecule has 1 aromatic heterocycles. The van der Waals surface area contributed by atoms with Crippen molar-refractivity contribution < 1.29 is 36.2 Å². The van der Waals surface area contributed by atoms with Gasteiger partial charge in [-0.05, 0) is 31.6 Å². The number of hydrogen-bond acceptors (Lipinski definition) is 7. The first-order valence-electron chi connectivity index (χ1n) is 9.52. The third-order valence-corrected chi connectivity index (χ3v) is 7.96. The molecule has 4 rings (SSSR count). The summed E-state index contributed by atoms with van der Waals surface area (Å²) in [7, 11) is -3.06. The molecule has 0 bridgehead atoms. The van der Waals surface area contributed by atoms with Crippen LogP contribution in [0.25, 0.3) is 0 Å². The van der Waals surface area contributed by atoms with Crippen LogP contribution in [0.3, 0.4) is 0 Å². The van der Waals surface area contributed by atoms with Crippen molar-refractivity contribution in [3.05, 3.63) is 16.6 Å². The lowest BCUT2D eigenvalue weighted by Gasteiger charge is -2.52. The third kappa shape index (κ3) is 6.36. The Hall–Kier alpha value is -1.28. The monoisotopic (exact) mass is 471 g/mol. The number of alkyl halides is 3. The Morgan fingerprint density at radius 1 is 1.37 bits per heavy atom. The molecule has 0 aromatic carbocycles. The maximum atomic E-state index is 11.9. The van der Waals surface area contributed by atoms with Gasteiger partial charge in [-0.15, -0.1) is 11.3 Å². The molecule has 3 fully saturated rings. The molecule has 1 unspecified atom stereocenters. The Kier molecular flexibility index (Phi) is 7.07. The van der Waals surface area contributed by atoms with Crippen molar-refractivity contribution in [1.82, 2.24) is 14.6 Å². The molecular weight excluding hydrogens is 447 g/mol. The number of carboxylic acid groups (broad SMARTS) is 1. The minimum Gasteiger partial charge on any atom is -0.475 e. The summed E-state index contributed by atoms with van der Waals surface area (Å²) in [4.78, 5) is 15.6. The van der Waals surface area contributed by atoms with E-state index in [0.717, 1.165) is 50.3 Å². The molecule has 0 amide bonds. The summed E-state index contributed by atoms with van der Waals surface area (Å²) in [6.45, 7) is 4.03. The summed E-state index contributed by atoms with van der Waals surface area (Å²) < 4.78 is 64.3. The van der Waals surface area contributed by atoms with Crippen LogP contribution in [0, 0.1) is 5.92 Å². The first-order valence-corrected chi connectivity index (χ1v) is 11.9. The van der Waals surface area contributed by atoms with Crippen LogP contribution >= 0.6 is 11.3 Å². The molecule has 1 atom stereocenters. The van der Waals surface area contributed by atoms with Gasteiger partial charge in [-0.1, -0.05) is 0 Å². The number of sulfonamides is 1. The van der Waals surface area contributed by atoms with Gasteiger partial charge in [0.15, 0.2) is 0 Å². The molecule has 8 nitrogen and oxygen atoms in total. The average Bonchev–Trinajstić information content (AvgIpc) is 3.39. The van der Waals surface area contributed by atoms with Gasteiger partial charge < -0.3 is 9.84 Å². The number of likely N-dealkylation sites (tertiary alicyclic amines) is 1. The molecule has 1 aromatic rings. The van der Waals surface area contributed by atoms with Crippen molar-refractivity contribution in [2.75, 3.05) is 26.2 Å². The molecule has 13 heteroatoms. The lowest BCUT2D eigenvalue weighted by Crippen LogP contribution is -2.64. The number of nitrogens with zero attached hydrogens (tertiary/aromatic N) is 2. The average molecular weight is 472 g/mol. The molecule has 3 aliphatic rings. The van der Waals surface area contributed by atoms with Gasteiger partial charge in [0.25, 0.3) is 0 Å². The van der Waals surface area contributed by atoms with Gasteiger partial charge in [0.05, 0.1) is 24.0 Å². The predicted molar refractivity (Wildman–Crippen MR) is 102 cm³/mol. The van der Waals surface area contributed by atoms with E-state index >= 15 is 0 Å². The fourth-order valence-corrected chi connectivity index (χ4v) is 5.58. The van der Waals surface area contributed by atoms with Crippen LogP contribution in [0.2, 0.25) is 0 Å². The highest BCUT2D eigenvalue weighted by Crippen LogP contribution is 2.37. The van der Waals surface area contributed by atoms with Gasteiger partial charge in [-0.2, -0.15) is 13.2 Å². The van der Waals surface area contributed by atoms with Gasteiger partial charge in [0, 0.05) is 31.2 Å². The molecule has 0 radical (unpaired) electrons. The van der Waals surface area contributed by atoms with Gasteiger partial charge in [-0.25, -0.2) is 22.9 Å². The minimum absolute atomic E-state index is 0.00310. The standard InChI is InChI=1S/C15H23N3O3S2.C2HF3O2/c19-23(20,13-1-2-13)17-7-12-3-4-15(21-9-12)10-18(11-15)8-14-16-5-6-22-14;3-2(4,5)1(6)7/h5-6,12-13,17H,1-4,7-11H2;(H,6,7). The second-order valence-electron chi connectivity index (χ2n) is 7.87. The Morgan fingerprint density at radius 3 is 2.50 bits per heavy atom. The van der Waals surface area contributed by atoms with Crippen molar-refractivity contribution in [3.8, 4) is 0 Å². The van der Waals surface area contributed by atoms with Crippen LogP contribution in [0.5, 0.6) is 0 Å². The fourth-order valence-electron chi connectivity index (χ4n) is 3.46. The molecule has 1 spiro atoms. The van der Waals surface area contributed by atoms with E-state index in [1.54, 1.807) is 11.3 Å². The normalized spacial score (nSPS) is 24.0. The summed E-state index contributed by atoms with van der Waals surface area (Å²) in [5.41, 5.74) is 0.00310. The summed E-state index contributed by atoms with van der Waals surface area (Å²) in [5, 5.41) is 10.2. The number of nitrogens with one attached hydrogen (secondary N) is 1. The lowest BCUT2D eigenvalue weighted by molar-refractivity contribution is -0.192. The maximum Gasteiger partial charge on any atom is 0.490 e. The number of rotatable bonds is 6. The first-order chi connectivity index (χ1) is 14.0. The zero-order chi connectivity index (χ0) is 22.0. The molecule has 1 aliphatic carbocycles. The Morgan fingerprint density at radius 2 is 2.03 bits per heavy atom. The van der Waals surface area contributed by atoms with E-state index in [1.807, 2.05) is 11.6 Å². The van der Waals surface area contributed by atoms with Gasteiger partial charge >= 0.3 is 12.1 Å². The van der Waals surface area contributed by atoms with E-state index in [9.17, 15) is 21.6 Å². The van der Waals surface area contributed by atoms with Gasteiger partial charge in [0.2, 0.25) is 10.0 Å². The van der Waals surface area contributed by atoms with Gasteiger partial charge in [-0.3, -0.25) is 4.90 Å². The lowest BCUT2D eigenvalue weighted by atomic mass is 9.83. The summed E-state index contributed by atoms with van der Waals surface area (Å²) in [6, 6.07) is 0. The van der Waals surface area contributed by atoms with E-state index in [4.69, 9.17) is 14.6 Å². The fraction of sp³-hybridized carbons (Fsp3) is 0.765. The number of aromatic nitrogens is 1. The van der Waals surface area contributed by atoms with Crippen LogP contribution < -0.4 is 4.72 Å². The van der Waals surface area contributed by atoms with Crippen LogP contribution in [-0.2, 0) is 26.1 Å². The van der Waals surface area contributed by atoms with Crippen LogP contribution in [0.1, 0.15) is 30.7 Å². The molecule has 30 heavy (non-hydrogen) atoms. The van der Waals surface area contributed by atoms with E-state index in [1.165, 1.54) is 0 Å². The van der Waals surface area contributed by atoms with E-state index < -0.39 is 22.2 Å². The second kappa shape index (κ2) is 9.07. The SMILES string of the molecule is O=C(O)C(F)(F)F.O=S(=O)(NCC1CCC2(CN(Cc3nccs3)C2)OC1)C1CC1. The minimum atomic E-state index is -5.08. The van der Waals surface area contributed by atoms with E-state index in [2.05, 4.69) is 14.6 Å². The zero-order valence-electron chi connectivity index (χ0n) is 16.1. The molecular formula is C17H24F3N3O5S2. The Labute approximate surface area is 176 Å². The zero-order valence-corrected chi connectivity index (χ0v) is 17.7. The number of thiazole rings is 1. The van der Waals surface area contributed by atoms with Crippen molar-refractivity contribution >= 4 is 27.3 Å². The van der Waals surface area contributed by atoms with Crippen molar-refractivity contribution in [3.63, 3.8) is 0 Å². The summed E-state index contributed by atoms with van der Waals surface area (Å²) in [6.07, 6.45) is 0.457. The summed E-state index contributed by atoms with van der Waals surface area (Å²) >= 11 is 1.69. The number of aliphatic carboxylic acids is 1. The third-order valence-electron chi connectivity index (χ3n) is 5.28. The first kappa shape index (κ1) is 23.4. The molecule has 2 N–H and O–H groups in total. The topological polar surface area (TPSA) is 109 Å². The Balaban J connectivity index is 0.000000318. The number of carbonyl (C=O) groups is 1. The van der Waals surface area contributed by atoms with Crippen LogP contribution in [-0.4, -0.2) is 72.6 Å². The smallest absolute Gasteiger partial charge is 0.475 e. The second-order valence-corrected chi connectivity index (χ2v) is 10.9. The largest absolute Gasteiger partial charge is 0.490 e. The van der Waals surface area contributed by atoms with E-state index in [-0.39, 0.29) is 10.9 Å².